The van der Waals surface area contributed by atoms with E-state index < -0.39 is 0 Å². The van der Waals surface area contributed by atoms with Gasteiger partial charge in [-0.3, -0.25) is 0 Å². The summed E-state index contributed by atoms with van der Waals surface area (Å²) < 4.78 is 1.36. The van der Waals surface area contributed by atoms with Crippen LogP contribution in [0, 0.1) is 0 Å². The molecular weight excluding hydrogens is 216 g/mol. The second-order valence-electron chi connectivity index (χ2n) is 3.88. The van der Waals surface area contributed by atoms with Crippen molar-refractivity contribution in [3.05, 3.63) is 46.9 Å². The van der Waals surface area contributed by atoms with Crippen molar-refractivity contribution in [1.29, 1.82) is 0 Å². The number of benzene rings is 1. The molecule has 1 aromatic carbocycles. The Hall–Kier alpha value is -1.41. The molecule has 0 unspecified atom stereocenters. The number of carbonyl (C=O) groups excluding carboxylic acids is 1. The van der Waals surface area contributed by atoms with Crippen molar-refractivity contribution in [3.63, 3.8) is 0 Å². The summed E-state index contributed by atoms with van der Waals surface area (Å²) in [5.74, 6) is 0. The Morgan fingerprint density at radius 2 is 2.25 bits per heavy atom. The topological polar surface area (TPSA) is 17.1 Å². The van der Waals surface area contributed by atoms with E-state index in [0.717, 1.165) is 18.3 Å². The predicted molar refractivity (Wildman–Crippen MR) is 70.0 cm³/mol. The van der Waals surface area contributed by atoms with Gasteiger partial charge in [0.1, 0.15) is 6.29 Å². The third-order valence-corrected chi connectivity index (χ3v) is 3.64. The average Bonchev–Trinajstić information content (AvgIpc) is 2.75. The van der Waals surface area contributed by atoms with E-state index in [4.69, 9.17) is 0 Å². The van der Waals surface area contributed by atoms with Gasteiger partial charge in [0.2, 0.25) is 0 Å². The van der Waals surface area contributed by atoms with E-state index in [-0.39, 0.29) is 0 Å². The first-order valence-corrected chi connectivity index (χ1v) is 6.23. The maximum Gasteiger partial charge on any atom is 0.124 e. The molecule has 82 valence electrons. The number of hydrogen-bond donors (Lipinski definition) is 0. The smallest absolute Gasteiger partial charge is 0.124 e. The van der Waals surface area contributed by atoms with E-state index >= 15 is 0 Å². The standard InChI is InChI=1S/C14H14OS/c1-11(7-9-15)5-6-12-3-2-4-13-8-10-16-14(12)13/h2-5,8-10H,6-7H2,1H3. The molecule has 0 aliphatic rings. The lowest BCUT2D eigenvalue weighted by molar-refractivity contribution is -0.107. The Morgan fingerprint density at radius 3 is 3.06 bits per heavy atom. The number of allylic oxidation sites excluding steroid dienone is 2. The second-order valence-corrected chi connectivity index (χ2v) is 4.80. The first kappa shape index (κ1) is 11.1. The van der Waals surface area contributed by atoms with Crippen molar-refractivity contribution in [2.75, 3.05) is 0 Å². The highest BCUT2D eigenvalue weighted by Crippen LogP contribution is 2.25. The highest BCUT2D eigenvalue weighted by Gasteiger charge is 2.00. The van der Waals surface area contributed by atoms with Crippen LogP contribution in [-0.4, -0.2) is 6.29 Å². The van der Waals surface area contributed by atoms with Crippen molar-refractivity contribution in [3.8, 4) is 0 Å². The van der Waals surface area contributed by atoms with Gasteiger partial charge >= 0.3 is 0 Å². The molecule has 1 heterocycles. The molecule has 1 nitrogen and oxygen atoms in total. The number of hydrogen-bond acceptors (Lipinski definition) is 2. The summed E-state index contributed by atoms with van der Waals surface area (Å²) in [5.41, 5.74) is 2.49. The summed E-state index contributed by atoms with van der Waals surface area (Å²) in [7, 11) is 0. The van der Waals surface area contributed by atoms with Crippen molar-refractivity contribution in [2.45, 2.75) is 19.8 Å². The fraction of sp³-hybridized carbons (Fsp3) is 0.214. The van der Waals surface area contributed by atoms with Gasteiger partial charge in [-0.05, 0) is 35.7 Å². The molecule has 0 aliphatic carbocycles. The zero-order chi connectivity index (χ0) is 11.4. The lowest BCUT2D eigenvalue weighted by Gasteiger charge is -2.00. The number of carbonyl (C=O) groups is 1. The molecule has 2 aromatic rings. The van der Waals surface area contributed by atoms with Gasteiger partial charge < -0.3 is 4.79 Å². The molecular formula is C14H14OS. The van der Waals surface area contributed by atoms with Crippen LogP contribution in [0.4, 0.5) is 0 Å². The SMILES string of the molecule is CC(=CCc1cccc2ccsc12)CC=O. The van der Waals surface area contributed by atoms with E-state index in [1.807, 2.05) is 6.92 Å². The molecule has 0 atom stereocenters. The van der Waals surface area contributed by atoms with Crippen LogP contribution in [0.1, 0.15) is 18.9 Å². The van der Waals surface area contributed by atoms with Crippen LogP contribution < -0.4 is 0 Å². The minimum atomic E-state index is 0.542. The van der Waals surface area contributed by atoms with Gasteiger partial charge in [-0.1, -0.05) is 29.8 Å². The third kappa shape index (κ3) is 2.39. The van der Waals surface area contributed by atoms with Crippen LogP contribution in [-0.2, 0) is 11.2 Å². The summed E-state index contributed by atoms with van der Waals surface area (Å²) in [6.07, 6.45) is 4.55. The summed E-state index contributed by atoms with van der Waals surface area (Å²) >= 11 is 1.78. The van der Waals surface area contributed by atoms with E-state index in [2.05, 4.69) is 35.7 Å². The largest absolute Gasteiger partial charge is 0.303 e. The Balaban J connectivity index is 2.24. The average molecular weight is 230 g/mol. The number of aldehydes is 1. The van der Waals surface area contributed by atoms with Gasteiger partial charge in [0.25, 0.3) is 0 Å². The fourth-order valence-electron chi connectivity index (χ4n) is 1.71. The highest BCUT2D eigenvalue weighted by molar-refractivity contribution is 7.17. The Morgan fingerprint density at radius 1 is 1.38 bits per heavy atom. The molecule has 16 heavy (non-hydrogen) atoms. The quantitative estimate of drug-likeness (QED) is 0.573. The second kappa shape index (κ2) is 5.08. The van der Waals surface area contributed by atoms with Gasteiger partial charge in [0.05, 0.1) is 0 Å². The summed E-state index contributed by atoms with van der Waals surface area (Å²) in [6, 6.07) is 8.53. The van der Waals surface area contributed by atoms with Crippen LogP contribution in [0.25, 0.3) is 10.1 Å². The molecule has 0 N–H and O–H groups in total. The minimum Gasteiger partial charge on any atom is -0.303 e. The fourth-order valence-corrected chi connectivity index (χ4v) is 2.64. The molecule has 0 saturated carbocycles. The van der Waals surface area contributed by atoms with E-state index in [1.165, 1.54) is 15.6 Å². The maximum absolute atomic E-state index is 10.4. The maximum atomic E-state index is 10.4. The van der Waals surface area contributed by atoms with Crippen molar-refractivity contribution in [2.24, 2.45) is 0 Å². The molecule has 0 spiro atoms. The number of rotatable bonds is 4. The molecule has 0 amide bonds. The van der Waals surface area contributed by atoms with Gasteiger partial charge in [0.15, 0.2) is 0 Å². The Kier molecular flexibility index (Phi) is 3.52. The molecule has 1 aromatic heterocycles. The summed E-state index contributed by atoms with van der Waals surface area (Å²) in [4.78, 5) is 10.4. The van der Waals surface area contributed by atoms with Crippen LogP contribution >= 0.6 is 11.3 Å². The number of fused-ring (bicyclic) bond motifs is 1. The molecule has 0 radical (unpaired) electrons. The minimum absolute atomic E-state index is 0.542. The van der Waals surface area contributed by atoms with E-state index in [0.29, 0.717) is 6.42 Å². The zero-order valence-electron chi connectivity index (χ0n) is 9.27. The number of thiophene rings is 1. The Bertz CT molecular complexity index is 522. The van der Waals surface area contributed by atoms with Crippen molar-refractivity contribution < 1.29 is 4.79 Å². The Labute approximate surface area is 99.4 Å². The third-order valence-electron chi connectivity index (χ3n) is 2.64. The van der Waals surface area contributed by atoms with E-state index in [1.54, 1.807) is 11.3 Å². The molecule has 0 saturated heterocycles. The van der Waals surface area contributed by atoms with Gasteiger partial charge in [-0.15, -0.1) is 11.3 Å². The van der Waals surface area contributed by atoms with Gasteiger partial charge in [-0.2, -0.15) is 0 Å². The first-order valence-electron chi connectivity index (χ1n) is 5.35. The monoisotopic (exact) mass is 230 g/mol. The van der Waals surface area contributed by atoms with Crippen LogP contribution in [0.15, 0.2) is 41.3 Å². The first-order chi connectivity index (χ1) is 7.81. The molecule has 2 rings (SSSR count). The van der Waals surface area contributed by atoms with Crippen molar-refractivity contribution >= 4 is 27.7 Å². The zero-order valence-corrected chi connectivity index (χ0v) is 10.1. The van der Waals surface area contributed by atoms with Crippen LogP contribution in [0.2, 0.25) is 0 Å². The molecule has 0 bridgehead atoms. The van der Waals surface area contributed by atoms with E-state index in [9.17, 15) is 4.79 Å². The molecule has 0 aliphatic heterocycles. The van der Waals surface area contributed by atoms with Gasteiger partial charge in [-0.25, -0.2) is 0 Å². The van der Waals surface area contributed by atoms with Crippen LogP contribution in [0.5, 0.6) is 0 Å². The highest BCUT2D eigenvalue weighted by atomic mass is 32.1. The molecule has 0 fully saturated rings. The van der Waals surface area contributed by atoms with Crippen molar-refractivity contribution in [1.82, 2.24) is 0 Å². The normalized spacial score (nSPS) is 11.9. The summed E-state index contributed by atoms with van der Waals surface area (Å²) in [5, 5.41) is 3.43. The van der Waals surface area contributed by atoms with Crippen LogP contribution in [0.3, 0.4) is 0 Å². The lowest BCUT2D eigenvalue weighted by Crippen LogP contribution is -1.84. The predicted octanol–water partition coefficient (Wildman–Crippen LogP) is 3.98. The van der Waals surface area contributed by atoms with Gasteiger partial charge in [0, 0.05) is 11.1 Å². The molecule has 2 heteroatoms. The lowest BCUT2D eigenvalue weighted by atomic mass is 10.1. The summed E-state index contributed by atoms with van der Waals surface area (Å²) in [6.45, 7) is 2.00.